The van der Waals surface area contributed by atoms with Crippen molar-refractivity contribution < 1.29 is 0 Å². The van der Waals surface area contributed by atoms with Crippen LogP contribution in [0.15, 0.2) is 12.4 Å². The molecule has 0 fully saturated rings. The lowest BCUT2D eigenvalue weighted by molar-refractivity contribution is 0.614. The van der Waals surface area contributed by atoms with Gasteiger partial charge >= 0.3 is 0 Å². The zero-order valence-corrected chi connectivity index (χ0v) is 11.5. The van der Waals surface area contributed by atoms with Crippen molar-refractivity contribution in [2.75, 3.05) is 0 Å². The fourth-order valence-electron chi connectivity index (χ4n) is 2.39. The van der Waals surface area contributed by atoms with Gasteiger partial charge in [0.25, 0.3) is 0 Å². The van der Waals surface area contributed by atoms with Crippen molar-refractivity contribution in [2.24, 2.45) is 19.8 Å². The summed E-state index contributed by atoms with van der Waals surface area (Å²) in [7, 11) is 3.96. The SMILES string of the molecule is Cc1nn(C)c(C)c1C(N)CCc1nccn1C. The number of aromatic nitrogens is 4. The maximum atomic E-state index is 6.29. The monoisotopic (exact) mass is 247 g/mol. The second kappa shape index (κ2) is 4.94. The molecular formula is C13H21N5. The molecule has 1 atom stereocenters. The molecule has 5 nitrogen and oxygen atoms in total. The highest BCUT2D eigenvalue weighted by atomic mass is 15.3. The van der Waals surface area contributed by atoms with Crippen LogP contribution in [-0.2, 0) is 20.5 Å². The number of hydrogen-bond donors (Lipinski definition) is 1. The average molecular weight is 247 g/mol. The molecule has 18 heavy (non-hydrogen) atoms. The Morgan fingerprint density at radius 2 is 2.06 bits per heavy atom. The first kappa shape index (κ1) is 12.8. The van der Waals surface area contributed by atoms with Gasteiger partial charge in [0.1, 0.15) is 5.82 Å². The highest BCUT2D eigenvalue weighted by Crippen LogP contribution is 2.22. The Kier molecular flexibility index (Phi) is 3.52. The molecule has 2 rings (SSSR count). The first-order chi connectivity index (χ1) is 8.50. The van der Waals surface area contributed by atoms with E-state index >= 15 is 0 Å². The number of hydrogen-bond acceptors (Lipinski definition) is 3. The van der Waals surface area contributed by atoms with Crippen molar-refractivity contribution in [1.82, 2.24) is 19.3 Å². The summed E-state index contributed by atoms with van der Waals surface area (Å²) in [6, 6.07) is 0.0235. The summed E-state index contributed by atoms with van der Waals surface area (Å²) in [4.78, 5) is 4.32. The minimum Gasteiger partial charge on any atom is -0.338 e. The zero-order valence-electron chi connectivity index (χ0n) is 11.5. The first-order valence-electron chi connectivity index (χ1n) is 6.22. The standard InChI is InChI=1S/C13H21N5/c1-9-13(10(2)18(4)16-9)11(14)5-6-12-15-7-8-17(12)3/h7-8,11H,5-6,14H2,1-4H3. The second-order valence-corrected chi connectivity index (χ2v) is 4.81. The Bertz CT molecular complexity index is 538. The molecule has 0 aliphatic rings. The lowest BCUT2D eigenvalue weighted by Crippen LogP contribution is -2.14. The molecule has 0 aromatic carbocycles. The predicted molar refractivity (Wildman–Crippen MR) is 71.1 cm³/mol. The van der Waals surface area contributed by atoms with Gasteiger partial charge in [-0.15, -0.1) is 0 Å². The quantitative estimate of drug-likeness (QED) is 0.888. The van der Waals surface area contributed by atoms with E-state index in [2.05, 4.69) is 17.0 Å². The van der Waals surface area contributed by atoms with Crippen LogP contribution in [0.3, 0.4) is 0 Å². The van der Waals surface area contributed by atoms with Gasteiger partial charge in [0.2, 0.25) is 0 Å². The minimum atomic E-state index is 0.0235. The average Bonchev–Trinajstić information content (AvgIpc) is 2.81. The molecule has 5 heteroatoms. The summed E-state index contributed by atoms with van der Waals surface area (Å²) in [5, 5.41) is 4.41. The lowest BCUT2D eigenvalue weighted by atomic mass is 10.0. The van der Waals surface area contributed by atoms with Crippen LogP contribution < -0.4 is 5.73 Å². The predicted octanol–water partition coefficient (Wildman–Crippen LogP) is 1.40. The number of nitrogens with two attached hydrogens (primary N) is 1. The number of imidazole rings is 1. The molecule has 0 amide bonds. The van der Waals surface area contributed by atoms with E-state index in [-0.39, 0.29) is 6.04 Å². The summed E-state index contributed by atoms with van der Waals surface area (Å²) in [6.07, 6.45) is 5.56. The van der Waals surface area contributed by atoms with Crippen molar-refractivity contribution in [1.29, 1.82) is 0 Å². The molecule has 2 aromatic heterocycles. The normalized spacial score (nSPS) is 12.9. The summed E-state index contributed by atoms with van der Waals surface area (Å²) in [6.45, 7) is 4.08. The third kappa shape index (κ3) is 2.31. The van der Waals surface area contributed by atoms with E-state index in [1.165, 1.54) is 5.56 Å². The van der Waals surface area contributed by atoms with Gasteiger partial charge in [-0.3, -0.25) is 4.68 Å². The Hall–Kier alpha value is -1.62. The maximum Gasteiger partial charge on any atom is 0.108 e. The van der Waals surface area contributed by atoms with Crippen LogP contribution in [-0.4, -0.2) is 19.3 Å². The van der Waals surface area contributed by atoms with Crippen molar-refractivity contribution in [3.63, 3.8) is 0 Å². The smallest absolute Gasteiger partial charge is 0.108 e. The number of rotatable bonds is 4. The molecule has 2 aromatic rings. The molecule has 0 radical (unpaired) electrons. The topological polar surface area (TPSA) is 61.7 Å². The van der Waals surface area contributed by atoms with E-state index in [9.17, 15) is 0 Å². The molecular weight excluding hydrogens is 226 g/mol. The molecule has 2 N–H and O–H groups in total. The number of nitrogens with zero attached hydrogens (tertiary/aromatic N) is 4. The van der Waals surface area contributed by atoms with E-state index in [1.54, 1.807) is 0 Å². The summed E-state index contributed by atoms with van der Waals surface area (Å²) in [5.41, 5.74) is 9.64. The van der Waals surface area contributed by atoms with E-state index in [0.29, 0.717) is 0 Å². The van der Waals surface area contributed by atoms with E-state index in [1.807, 2.05) is 42.7 Å². The van der Waals surface area contributed by atoms with Gasteiger partial charge in [0, 0.05) is 50.2 Å². The van der Waals surface area contributed by atoms with Crippen LogP contribution in [0.25, 0.3) is 0 Å². The van der Waals surface area contributed by atoms with Gasteiger partial charge in [-0.05, 0) is 20.3 Å². The van der Waals surface area contributed by atoms with Crippen LogP contribution in [0.1, 0.15) is 35.2 Å². The van der Waals surface area contributed by atoms with Crippen LogP contribution in [0, 0.1) is 13.8 Å². The van der Waals surface area contributed by atoms with Crippen LogP contribution >= 0.6 is 0 Å². The summed E-state index contributed by atoms with van der Waals surface area (Å²) >= 11 is 0. The summed E-state index contributed by atoms with van der Waals surface area (Å²) in [5.74, 6) is 1.07. The van der Waals surface area contributed by atoms with Gasteiger partial charge in [-0.1, -0.05) is 0 Å². The molecule has 0 saturated heterocycles. The van der Waals surface area contributed by atoms with E-state index in [4.69, 9.17) is 5.73 Å². The highest BCUT2D eigenvalue weighted by molar-refractivity contribution is 5.27. The van der Waals surface area contributed by atoms with Crippen molar-refractivity contribution in [3.05, 3.63) is 35.2 Å². The van der Waals surface area contributed by atoms with Crippen molar-refractivity contribution in [3.8, 4) is 0 Å². The van der Waals surface area contributed by atoms with Crippen LogP contribution in [0.4, 0.5) is 0 Å². The van der Waals surface area contributed by atoms with Crippen molar-refractivity contribution >= 4 is 0 Å². The molecule has 0 spiro atoms. The van der Waals surface area contributed by atoms with Gasteiger partial charge in [0.05, 0.1) is 5.69 Å². The van der Waals surface area contributed by atoms with Crippen LogP contribution in [0.5, 0.6) is 0 Å². The maximum absolute atomic E-state index is 6.29. The third-order valence-corrected chi connectivity index (χ3v) is 3.54. The van der Waals surface area contributed by atoms with Gasteiger partial charge in [-0.2, -0.15) is 5.10 Å². The van der Waals surface area contributed by atoms with E-state index < -0.39 is 0 Å². The Morgan fingerprint density at radius 1 is 1.33 bits per heavy atom. The molecule has 0 saturated carbocycles. The van der Waals surface area contributed by atoms with Gasteiger partial charge < -0.3 is 10.3 Å². The molecule has 0 aliphatic carbocycles. The van der Waals surface area contributed by atoms with Crippen molar-refractivity contribution in [2.45, 2.75) is 32.7 Å². The molecule has 98 valence electrons. The fourth-order valence-corrected chi connectivity index (χ4v) is 2.39. The molecule has 0 aliphatic heterocycles. The number of aryl methyl sites for hydroxylation is 4. The Balaban J connectivity index is 2.08. The molecule has 2 heterocycles. The van der Waals surface area contributed by atoms with Gasteiger partial charge in [-0.25, -0.2) is 4.98 Å². The zero-order chi connectivity index (χ0) is 13.3. The van der Waals surface area contributed by atoms with Gasteiger partial charge in [0.15, 0.2) is 0 Å². The second-order valence-electron chi connectivity index (χ2n) is 4.81. The first-order valence-corrected chi connectivity index (χ1v) is 6.22. The molecule has 0 bridgehead atoms. The fraction of sp³-hybridized carbons (Fsp3) is 0.538. The van der Waals surface area contributed by atoms with Crippen LogP contribution in [0.2, 0.25) is 0 Å². The summed E-state index contributed by atoms with van der Waals surface area (Å²) < 4.78 is 3.93. The highest BCUT2D eigenvalue weighted by Gasteiger charge is 2.17. The van der Waals surface area contributed by atoms with E-state index in [0.717, 1.165) is 30.1 Å². The Morgan fingerprint density at radius 3 is 2.56 bits per heavy atom. The largest absolute Gasteiger partial charge is 0.338 e. The molecule has 1 unspecified atom stereocenters. The lowest BCUT2D eigenvalue weighted by Gasteiger charge is -2.12. The Labute approximate surface area is 108 Å². The third-order valence-electron chi connectivity index (χ3n) is 3.54. The minimum absolute atomic E-state index is 0.0235.